The van der Waals surface area contributed by atoms with Crippen molar-refractivity contribution >= 4 is 29.9 Å². The third-order valence-corrected chi connectivity index (χ3v) is 5.38. The Morgan fingerprint density at radius 3 is 2.62 bits per heavy atom. The highest BCUT2D eigenvalue weighted by Crippen LogP contribution is 2.21. The molecule has 1 N–H and O–H groups in total. The molecule has 0 aliphatic carbocycles. The highest BCUT2D eigenvalue weighted by molar-refractivity contribution is 14.0. The van der Waals surface area contributed by atoms with E-state index in [9.17, 15) is 0 Å². The lowest BCUT2D eigenvalue weighted by Crippen LogP contribution is -2.43. The van der Waals surface area contributed by atoms with Gasteiger partial charge in [-0.25, -0.2) is 9.98 Å². The van der Waals surface area contributed by atoms with Gasteiger partial charge in [-0.15, -0.1) is 24.0 Å². The van der Waals surface area contributed by atoms with E-state index in [4.69, 9.17) is 9.41 Å². The summed E-state index contributed by atoms with van der Waals surface area (Å²) in [6.45, 7) is 14.2. The van der Waals surface area contributed by atoms with Gasteiger partial charge < -0.3 is 14.6 Å². The van der Waals surface area contributed by atoms with Crippen molar-refractivity contribution in [2.24, 2.45) is 4.99 Å². The molecule has 6 nitrogen and oxygen atoms in total. The van der Waals surface area contributed by atoms with E-state index >= 15 is 0 Å². The molecule has 0 spiro atoms. The zero-order valence-electron chi connectivity index (χ0n) is 18.0. The lowest BCUT2D eigenvalue weighted by atomic mass is 10.1. The maximum absolute atomic E-state index is 5.92. The number of hydrogen-bond acceptors (Lipinski definition) is 4. The molecule has 0 radical (unpaired) electrons. The summed E-state index contributed by atoms with van der Waals surface area (Å²) in [4.78, 5) is 14.1. The fourth-order valence-electron chi connectivity index (χ4n) is 3.78. The number of likely N-dealkylation sites (N-methyl/N-ethyl adjacent to an activating group) is 1. The van der Waals surface area contributed by atoms with Gasteiger partial charge in [0.15, 0.2) is 11.7 Å². The van der Waals surface area contributed by atoms with Crippen LogP contribution in [0.1, 0.15) is 38.6 Å². The third-order valence-electron chi connectivity index (χ3n) is 5.38. The molecule has 1 aromatic heterocycles. The zero-order chi connectivity index (χ0) is 19.9. The predicted octanol–water partition coefficient (Wildman–Crippen LogP) is 4.15. The minimum Gasteiger partial charge on any atom is -0.439 e. The molecule has 1 saturated heterocycles. The van der Waals surface area contributed by atoms with Crippen LogP contribution >= 0.6 is 24.0 Å². The number of benzene rings is 1. The molecular weight excluding hydrogens is 477 g/mol. The normalized spacial score (nSPS) is 16.9. The topological polar surface area (TPSA) is 56.9 Å². The molecule has 1 fully saturated rings. The molecule has 3 rings (SSSR count). The van der Waals surface area contributed by atoms with Crippen molar-refractivity contribution in [1.82, 2.24) is 20.1 Å². The summed E-state index contributed by atoms with van der Waals surface area (Å²) in [5, 5.41) is 3.42. The van der Waals surface area contributed by atoms with Gasteiger partial charge in [0.1, 0.15) is 6.54 Å². The number of nitrogens with zero attached hydrogens (tertiary/aromatic N) is 4. The summed E-state index contributed by atoms with van der Waals surface area (Å²) in [6, 6.07) is 8.89. The van der Waals surface area contributed by atoms with Crippen LogP contribution in [0.15, 0.2) is 39.9 Å². The van der Waals surface area contributed by atoms with Gasteiger partial charge in [0, 0.05) is 31.2 Å². The van der Waals surface area contributed by atoms with Crippen LogP contribution in [0.25, 0.3) is 11.3 Å². The number of halogens is 1. The maximum Gasteiger partial charge on any atom is 0.216 e. The second-order valence-corrected chi connectivity index (χ2v) is 7.26. The Morgan fingerprint density at radius 2 is 1.97 bits per heavy atom. The van der Waals surface area contributed by atoms with Crippen molar-refractivity contribution in [3.63, 3.8) is 0 Å². The average Bonchev–Trinajstić information content (AvgIpc) is 3.37. The minimum absolute atomic E-state index is 0. The molecule has 7 heteroatoms. The summed E-state index contributed by atoms with van der Waals surface area (Å²) in [7, 11) is 0. The first-order chi connectivity index (χ1) is 13.6. The summed E-state index contributed by atoms with van der Waals surface area (Å²) in [5.74, 6) is 2.38. The van der Waals surface area contributed by atoms with Crippen molar-refractivity contribution in [1.29, 1.82) is 0 Å². The first-order valence-electron chi connectivity index (χ1n) is 10.4. The van der Waals surface area contributed by atoms with Gasteiger partial charge in [-0.3, -0.25) is 4.90 Å². The van der Waals surface area contributed by atoms with E-state index in [0.717, 1.165) is 50.0 Å². The summed E-state index contributed by atoms with van der Waals surface area (Å²) >= 11 is 0. The van der Waals surface area contributed by atoms with Gasteiger partial charge in [-0.1, -0.05) is 43.7 Å². The van der Waals surface area contributed by atoms with Crippen LogP contribution in [0.5, 0.6) is 0 Å². The van der Waals surface area contributed by atoms with Gasteiger partial charge in [-0.2, -0.15) is 0 Å². The highest BCUT2D eigenvalue weighted by atomic mass is 127. The van der Waals surface area contributed by atoms with E-state index in [1.54, 1.807) is 6.20 Å². The highest BCUT2D eigenvalue weighted by Gasteiger charge is 2.28. The van der Waals surface area contributed by atoms with E-state index in [2.05, 4.69) is 72.1 Å². The van der Waals surface area contributed by atoms with Crippen LogP contribution in [0, 0.1) is 6.92 Å². The van der Waals surface area contributed by atoms with E-state index < -0.39 is 0 Å². The standard InChI is InChI=1S/C22H33N5O.HI/c1-5-23-22(27-13-12-19(16-27)26(6-2)7-3)25-15-21-24-14-20(28-21)18-10-8-17(4)9-11-18;/h8-11,14,19H,5-7,12-13,15-16H2,1-4H3,(H,23,25);1H. The van der Waals surface area contributed by atoms with Gasteiger partial charge in [0.2, 0.25) is 5.89 Å². The van der Waals surface area contributed by atoms with Gasteiger partial charge in [0.25, 0.3) is 0 Å². The molecule has 1 aliphatic heterocycles. The first kappa shape index (κ1) is 23.7. The van der Waals surface area contributed by atoms with Crippen molar-refractivity contribution in [3.05, 3.63) is 41.9 Å². The van der Waals surface area contributed by atoms with Crippen molar-refractivity contribution in [2.75, 3.05) is 32.7 Å². The number of hydrogen-bond donors (Lipinski definition) is 1. The lowest BCUT2D eigenvalue weighted by Gasteiger charge is -2.27. The average molecular weight is 511 g/mol. The van der Waals surface area contributed by atoms with Crippen LogP contribution in [0.2, 0.25) is 0 Å². The fraction of sp³-hybridized carbons (Fsp3) is 0.545. The summed E-state index contributed by atoms with van der Waals surface area (Å²) in [5.41, 5.74) is 2.28. The Hall–Kier alpha value is -1.61. The number of oxazole rings is 1. The van der Waals surface area contributed by atoms with Gasteiger partial charge >= 0.3 is 0 Å². The Balaban J connectivity index is 0.00000300. The fourth-order valence-corrected chi connectivity index (χ4v) is 3.78. The number of rotatable bonds is 7. The molecule has 160 valence electrons. The number of aromatic nitrogens is 1. The summed E-state index contributed by atoms with van der Waals surface area (Å²) < 4.78 is 5.92. The van der Waals surface area contributed by atoms with E-state index in [0.29, 0.717) is 18.5 Å². The molecule has 1 atom stereocenters. The van der Waals surface area contributed by atoms with Crippen LogP contribution in [-0.4, -0.2) is 59.5 Å². The molecule has 1 aliphatic rings. The van der Waals surface area contributed by atoms with E-state index in [1.165, 1.54) is 12.0 Å². The molecule has 0 bridgehead atoms. The van der Waals surface area contributed by atoms with Crippen molar-refractivity contribution < 1.29 is 4.42 Å². The van der Waals surface area contributed by atoms with Gasteiger partial charge in [0.05, 0.1) is 6.20 Å². The largest absolute Gasteiger partial charge is 0.439 e. The molecule has 2 aromatic rings. The maximum atomic E-state index is 5.92. The molecule has 1 aromatic carbocycles. The lowest BCUT2D eigenvalue weighted by molar-refractivity contribution is 0.223. The molecule has 0 saturated carbocycles. The van der Waals surface area contributed by atoms with Crippen LogP contribution < -0.4 is 5.32 Å². The number of likely N-dealkylation sites (tertiary alicyclic amines) is 1. The van der Waals surface area contributed by atoms with Crippen LogP contribution in [-0.2, 0) is 6.54 Å². The van der Waals surface area contributed by atoms with Crippen LogP contribution in [0.3, 0.4) is 0 Å². The smallest absolute Gasteiger partial charge is 0.216 e. The quantitative estimate of drug-likeness (QED) is 0.344. The minimum atomic E-state index is 0. The second kappa shape index (κ2) is 11.5. The first-order valence-corrected chi connectivity index (χ1v) is 10.4. The Kier molecular flexibility index (Phi) is 9.42. The molecular formula is C22H34IN5O. The Morgan fingerprint density at radius 1 is 1.24 bits per heavy atom. The molecule has 0 amide bonds. The monoisotopic (exact) mass is 511 g/mol. The molecule has 29 heavy (non-hydrogen) atoms. The zero-order valence-corrected chi connectivity index (χ0v) is 20.3. The molecule has 2 heterocycles. The Labute approximate surface area is 191 Å². The number of aliphatic imine (C=N–C) groups is 1. The second-order valence-electron chi connectivity index (χ2n) is 7.26. The van der Waals surface area contributed by atoms with Crippen molar-refractivity contribution in [3.8, 4) is 11.3 Å². The molecule has 1 unspecified atom stereocenters. The van der Waals surface area contributed by atoms with E-state index in [1.807, 2.05) is 0 Å². The summed E-state index contributed by atoms with van der Waals surface area (Å²) in [6.07, 6.45) is 2.97. The number of guanidine groups is 1. The van der Waals surface area contributed by atoms with E-state index in [-0.39, 0.29) is 24.0 Å². The number of aryl methyl sites for hydroxylation is 1. The Bertz CT molecular complexity index is 770. The van der Waals surface area contributed by atoms with Crippen molar-refractivity contribution in [2.45, 2.75) is 46.7 Å². The number of nitrogens with one attached hydrogen (secondary N) is 1. The SMILES string of the molecule is CCNC(=NCc1ncc(-c2ccc(C)cc2)o1)N1CCC(N(CC)CC)C1.I. The third kappa shape index (κ3) is 6.18. The van der Waals surface area contributed by atoms with Crippen LogP contribution in [0.4, 0.5) is 0 Å². The predicted molar refractivity (Wildman–Crippen MR) is 130 cm³/mol. The van der Waals surface area contributed by atoms with Gasteiger partial charge in [-0.05, 0) is 33.4 Å².